The van der Waals surface area contributed by atoms with Crippen LogP contribution in [-0.4, -0.2) is 37.3 Å². The summed E-state index contributed by atoms with van der Waals surface area (Å²) < 4.78 is 24.0. The van der Waals surface area contributed by atoms with Gasteiger partial charge in [0.25, 0.3) is 0 Å². The molecular weight excluding hydrogens is 182 g/mol. The predicted molar refractivity (Wildman–Crippen MR) is 48.4 cm³/mol. The maximum Gasteiger partial charge on any atom is 0.216 e. The maximum atomic E-state index is 11.4. The molecule has 0 spiro atoms. The van der Waals surface area contributed by atoms with Gasteiger partial charge in [0.05, 0.1) is 5.25 Å². The molecule has 0 heterocycles. The standard InChI is InChI=1S/C6H13NO2S2/c1-7(2)11(8,9)6-3-5(10)4-6/h5-6,10H,3-4H2,1-2H3/t5-,6-. The molecule has 1 aliphatic rings. The molecule has 5 heteroatoms. The van der Waals surface area contributed by atoms with E-state index in [1.165, 1.54) is 4.31 Å². The summed E-state index contributed by atoms with van der Waals surface area (Å²) in [6, 6.07) is 0. The van der Waals surface area contributed by atoms with E-state index < -0.39 is 10.0 Å². The maximum absolute atomic E-state index is 11.4. The molecule has 0 atom stereocenters. The minimum Gasteiger partial charge on any atom is -0.212 e. The molecule has 66 valence electrons. The molecule has 0 aromatic rings. The molecule has 3 nitrogen and oxygen atoms in total. The molecule has 1 rings (SSSR count). The summed E-state index contributed by atoms with van der Waals surface area (Å²) in [6.07, 6.45) is 1.40. The van der Waals surface area contributed by atoms with Gasteiger partial charge in [-0.05, 0) is 12.8 Å². The third kappa shape index (κ3) is 1.71. The molecule has 0 N–H and O–H groups in total. The highest BCUT2D eigenvalue weighted by molar-refractivity contribution is 7.90. The first-order valence-corrected chi connectivity index (χ1v) is 5.56. The van der Waals surface area contributed by atoms with Gasteiger partial charge in [0.15, 0.2) is 0 Å². The lowest BCUT2D eigenvalue weighted by Gasteiger charge is -2.33. The monoisotopic (exact) mass is 195 g/mol. The Bertz CT molecular complexity index is 229. The Balaban J connectivity index is 2.62. The van der Waals surface area contributed by atoms with Crippen molar-refractivity contribution in [3.8, 4) is 0 Å². The fraction of sp³-hybridized carbons (Fsp3) is 1.00. The average Bonchev–Trinajstić information content (AvgIpc) is 1.80. The van der Waals surface area contributed by atoms with Crippen molar-refractivity contribution in [2.45, 2.75) is 23.3 Å². The van der Waals surface area contributed by atoms with Crippen molar-refractivity contribution in [2.75, 3.05) is 14.1 Å². The third-order valence-corrected chi connectivity index (χ3v) is 4.67. The summed E-state index contributed by atoms with van der Waals surface area (Å²) in [5.41, 5.74) is 0. The minimum atomic E-state index is -2.99. The van der Waals surface area contributed by atoms with Crippen molar-refractivity contribution in [1.82, 2.24) is 4.31 Å². The van der Waals surface area contributed by atoms with E-state index >= 15 is 0 Å². The lowest BCUT2D eigenvalue weighted by Crippen LogP contribution is -2.42. The van der Waals surface area contributed by atoms with Crippen LogP contribution in [0.3, 0.4) is 0 Å². The second-order valence-corrected chi connectivity index (χ2v) is 6.23. The van der Waals surface area contributed by atoms with Crippen molar-refractivity contribution in [3.05, 3.63) is 0 Å². The SMILES string of the molecule is CN(C)S(=O)(=O)[C@H]1C[C@H](S)C1. The molecule has 1 fully saturated rings. The Morgan fingerprint density at radius 2 is 1.82 bits per heavy atom. The number of hydrogen-bond donors (Lipinski definition) is 1. The smallest absolute Gasteiger partial charge is 0.212 e. The molecule has 0 aliphatic heterocycles. The second-order valence-electron chi connectivity index (χ2n) is 3.07. The van der Waals surface area contributed by atoms with Gasteiger partial charge in [-0.1, -0.05) is 0 Å². The first kappa shape index (κ1) is 9.35. The quantitative estimate of drug-likeness (QED) is 0.645. The van der Waals surface area contributed by atoms with Gasteiger partial charge >= 0.3 is 0 Å². The first-order chi connectivity index (χ1) is 4.94. The second kappa shape index (κ2) is 2.95. The molecule has 0 aromatic carbocycles. The summed E-state index contributed by atoms with van der Waals surface area (Å²) in [5, 5.41) is 0.106. The van der Waals surface area contributed by atoms with Crippen LogP contribution in [0.1, 0.15) is 12.8 Å². The summed E-state index contributed by atoms with van der Waals surface area (Å²) in [6.45, 7) is 0. The van der Waals surface area contributed by atoms with E-state index in [-0.39, 0.29) is 10.5 Å². The molecule has 1 aliphatic carbocycles. The number of nitrogens with zero attached hydrogens (tertiary/aromatic N) is 1. The van der Waals surface area contributed by atoms with Gasteiger partial charge in [-0.15, -0.1) is 0 Å². The Hall–Kier alpha value is 0.260. The molecule has 0 bridgehead atoms. The molecule has 11 heavy (non-hydrogen) atoms. The molecule has 1 saturated carbocycles. The van der Waals surface area contributed by atoms with E-state index in [4.69, 9.17) is 0 Å². The fourth-order valence-corrected chi connectivity index (χ4v) is 3.42. The van der Waals surface area contributed by atoms with E-state index in [1.54, 1.807) is 14.1 Å². The molecule has 0 unspecified atom stereocenters. The molecular formula is C6H13NO2S2. The largest absolute Gasteiger partial charge is 0.216 e. The number of rotatable bonds is 2. The highest BCUT2D eigenvalue weighted by Crippen LogP contribution is 2.31. The van der Waals surface area contributed by atoms with Crippen LogP contribution >= 0.6 is 12.6 Å². The van der Waals surface area contributed by atoms with Crippen molar-refractivity contribution in [3.63, 3.8) is 0 Å². The Morgan fingerprint density at radius 3 is 2.09 bits per heavy atom. The molecule has 0 radical (unpaired) electrons. The van der Waals surface area contributed by atoms with E-state index in [0.717, 1.165) is 0 Å². The van der Waals surface area contributed by atoms with Crippen LogP contribution in [0.2, 0.25) is 0 Å². The van der Waals surface area contributed by atoms with Crippen LogP contribution in [0.4, 0.5) is 0 Å². The lowest BCUT2D eigenvalue weighted by molar-refractivity contribution is 0.448. The van der Waals surface area contributed by atoms with Crippen LogP contribution in [-0.2, 0) is 10.0 Å². The van der Waals surface area contributed by atoms with Crippen molar-refractivity contribution >= 4 is 22.7 Å². The Labute approximate surface area is 73.2 Å². The average molecular weight is 195 g/mol. The predicted octanol–water partition coefficient (Wildman–Crippen LogP) is 0.339. The van der Waals surface area contributed by atoms with Crippen LogP contribution < -0.4 is 0 Å². The summed E-state index contributed by atoms with van der Waals surface area (Å²) in [7, 11) is 0.153. The van der Waals surface area contributed by atoms with Crippen molar-refractivity contribution in [2.24, 2.45) is 0 Å². The highest BCUT2D eigenvalue weighted by atomic mass is 32.2. The lowest BCUT2D eigenvalue weighted by atomic mass is 9.99. The van der Waals surface area contributed by atoms with Gasteiger partial charge in [0.1, 0.15) is 0 Å². The van der Waals surface area contributed by atoms with Gasteiger partial charge in [-0.2, -0.15) is 12.6 Å². The topological polar surface area (TPSA) is 37.4 Å². The van der Waals surface area contributed by atoms with E-state index in [2.05, 4.69) is 12.6 Å². The number of sulfonamides is 1. The van der Waals surface area contributed by atoms with E-state index in [0.29, 0.717) is 12.8 Å². The van der Waals surface area contributed by atoms with Crippen LogP contribution in [0.25, 0.3) is 0 Å². The Kier molecular flexibility index (Phi) is 2.51. The molecule has 0 saturated heterocycles. The van der Waals surface area contributed by atoms with E-state index in [9.17, 15) is 8.42 Å². The zero-order valence-corrected chi connectivity index (χ0v) is 8.40. The van der Waals surface area contributed by atoms with Crippen molar-refractivity contribution < 1.29 is 8.42 Å². The van der Waals surface area contributed by atoms with Crippen LogP contribution in [0, 0.1) is 0 Å². The van der Waals surface area contributed by atoms with Gasteiger partial charge in [-0.3, -0.25) is 0 Å². The first-order valence-electron chi connectivity index (χ1n) is 3.54. The Morgan fingerprint density at radius 1 is 1.36 bits per heavy atom. The van der Waals surface area contributed by atoms with Crippen molar-refractivity contribution in [1.29, 1.82) is 0 Å². The minimum absolute atomic E-state index is 0.181. The summed E-state index contributed by atoms with van der Waals surface area (Å²) in [5.74, 6) is 0. The van der Waals surface area contributed by atoms with Gasteiger partial charge in [-0.25, -0.2) is 12.7 Å². The van der Waals surface area contributed by atoms with Gasteiger partial charge in [0, 0.05) is 19.3 Å². The molecule has 0 amide bonds. The van der Waals surface area contributed by atoms with Crippen LogP contribution in [0.15, 0.2) is 0 Å². The summed E-state index contributed by atoms with van der Waals surface area (Å²) in [4.78, 5) is 0. The van der Waals surface area contributed by atoms with E-state index in [1.807, 2.05) is 0 Å². The van der Waals surface area contributed by atoms with Crippen LogP contribution in [0.5, 0.6) is 0 Å². The highest BCUT2D eigenvalue weighted by Gasteiger charge is 2.37. The fourth-order valence-electron chi connectivity index (χ4n) is 1.08. The molecule has 0 aromatic heterocycles. The van der Waals surface area contributed by atoms with Gasteiger partial charge < -0.3 is 0 Å². The number of hydrogen-bond acceptors (Lipinski definition) is 3. The number of thiol groups is 1. The zero-order chi connectivity index (χ0) is 8.65. The normalized spacial score (nSPS) is 32.0. The van der Waals surface area contributed by atoms with Gasteiger partial charge in [0.2, 0.25) is 10.0 Å². The third-order valence-electron chi connectivity index (χ3n) is 2.00. The zero-order valence-electron chi connectivity index (χ0n) is 6.69. The summed E-state index contributed by atoms with van der Waals surface area (Å²) >= 11 is 4.16.